The van der Waals surface area contributed by atoms with Gasteiger partial charge in [0.1, 0.15) is 5.58 Å². The second-order valence-corrected chi connectivity index (χ2v) is 12.7. The third-order valence-electron chi connectivity index (χ3n) is 9.31. The summed E-state index contributed by atoms with van der Waals surface area (Å²) in [6.45, 7) is 2.05. The van der Waals surface area contributed by atoms with E-state index in [2.05, 4.69) is 107 Å². The molecule has 0 N–H and O–H groups in total. The van der Waals surface area contributed by atoms with Gasteiger partial charge in [-0.3, -0.25) is 9.97 Å². The first-order chi connectivity index (χ1) is 26.2. The Morgan fingerprint density at radius 3 is 2.02 bits per heavy atom. The minimum absolute atomic E-state index is 0. The number of imidazole rings is 1. The number of hydrogen-bond acceptors (Lipinski definition) is 4. The van der Waals surface area contributed by atoms with Crippen molar-refractivity contribution in [2.24, 2.45) is 0 Å². The molecule has 0 saturated heterocycles. The summed E-state index contributed by atoms with van der Waals surface area (Å²) in [6, 6.07) is 63.7. The number of para-hydroxylation sites is 1. The van der Waals surface area contributed by atoms with Crippen molar-refractivity contribution in [1.29, 1.82) is 0 Å². The van der Waals surface area contributed by atoms with Gasteiger partial charge in [-0.25, -0.2) is 0 Å². The zero-order valence-corrected chi connectivity index (χ0v) is 31.7. The first-order valence-corrected chi connectivity index (χ1v) is 17.5. The van der Waals surface area contributed by atoms with E-state index in [1.165, 1.54) is 0 Å². The molecular weight excluding hydrogens is 841 g/mol. The third kappa shape index (κ3) is 6.65. The molecule has 261 valence electrons. The van der Waals surface area contributed by atoms with Gasteiger partial charge in [0.05, 0.1) is 33.8 Å². The molecule has 54 heavy (non-hydrogen) atoms. The maximum absolute atomic E-state index is 6.61. The Kier molecular flexibility index (Phi) is 9.78. The van der Waals surface area contributed by atoms with Crippen LogP contribution in [0.4, 0.5) is 0 Å². The van der Waals surface area contributed by atoms with Crippen LogP contribution in [0.15, 0.2) is 180 Å². The van der Waals surface area contributed by atoms with Gasteiger partial charge in [0.15, 0.2) is 0 Å². The number of rotatable bonds is 5. The molecule has 0 amide bonds. The molecule has 4 heterocycles. The van der Waals surface area contributed by atoms with Crippen molar-refractivity contribution in [3.63, 3.8) is 0 Å². The molecular formula is C48H32IrN4O-2. The zero-order valence-electron chi connectivity index (χ0n) is 29.3. The largest absolute Gasteiger partial charge is 0.501 e. The number of aromatic nitrogens is 4. The quantitative estimate of drug-likeness (QED) is 0.162. The van der Waals surface area contributed by atoms with Gasteiger partial charge in [-0.1, -0.05) is 114 Å². The fourth-order valence-corrected chi connectivity index (χ4v) is 6.83. The van der Waals surface area contributed by atoms with Crippen LogP contribution in [0.3, 0.4) is 0 Å². The molecule has 0 aliphatic heterocycles. The molecule has 0 saturated carbocycles. The minimum Gasteiger partial charge on any atom is -0.501 e. The molecule has 0 spiro atoms. The molecule has 10 aromatic rings. The summed E-state index contributed by atoms with van der Waals surface area (Å²) in [6.07, 6.45) is 1.79. The minimum atomic E-state index is 0. The van der Waals surface area contributed by atoms with Gasteiger partial charge in [-0.2, -0.15) is 0 Å². The van der Waals surface area contributed by atoms with E-state index in [1.54, 1.807) is 6.20 Å². The summed E-state index contributed by atoms with van der Waals surface area (Å²) >= 11 is 0. The van der Waals surface area contributed by atoms with Crippen LogP contribution in [0.5, 0.6) is 0 Å². The number of hydrogen-bond donors (Lipinski definition) is 0. The molecule has 6 aromatic carbocycles. The first kappa shape index (κ1) is 34.6. The molecule has 0 atom stereocenters. The average molecular weight is 873 g/mol. The Hall–Kier alpha value is -6.46. The van der Waals surface area contributed by atoms with E-state index in [0.717, 1.165) is 89.4 Å². The van der Waals surface area contributed by atoms with Crippen LogP contribution in [-0.2, 0) is 20.1 Å². The van der Waals surface area contributed by atoms with E-state index in [4.69, 9.17) is 14.4 Å². The van der Waals surface area contributed by atoms with Crippen molar-refractivity contribution in [3.05, 3.63) is 194 Å². The van der Waals surface area contributed by atoms with Crippen LogP contribution < -0.4 is 0 Å². The number of fused-ring (bicyclic) bond motifs is 4. The third-order valence-corrected chi connectivity index (χ3v) is 9.31. The summed E-state index contributed by atoms with van der Waals surface area (Å²) in [5, 5.41) is 2.11. The SMILES string of the molecule is Cc1nc(-c2ccccc2)cc2nc(-c3[c-]ccc4c3oc3cc(-c5ccccc5)ccc34)n(-c3ccccc3)c12.[Ir].[c-]1ccccc1-c1ccccn1. The van der Waals surface area contributed by atoms with Crippen LogP contribution >= 0.6 is 0 Å². The molecule has 0 bridgehead atoms. The van der Waals surface area contributed by atoms with E-state index < -0.39 is 0 Å². The van der Waals surface area contributed by atoms with Crippen LogP contribution in [-0.4, -0.2) is 19.5 Å². The normalized spacial score (nSPS) is 10.9. The van der Waals surface area contributed by atoms with E-state index >= 15 is 0 Å². The predicted molar refractivity (Wildman–Crippen MR) is 215 cm³/mol. The number of pyridine rings is 2. The van der Waals surface area contributed by atoms with Crippen LogP contribution in [0.1, 0.15) is 5.69 Å². The smallest absolute Gasteiger partial charge is 0.121 e. The van der Waals surface area contributed by atoms with Crippen molar-refractivity contribution in [1.82, 2.24) is 19.5 Å². The first-order valence-electron chi connectivity index (χ1n) is 17.5. The maximum Gasteiger partial charge on any atom is 0.121 e. The summed E-state index contributed by atoms with van der Waals surface area (Å²) in [5.74, 6) is 0.772. The molecule has 0 unspecified atom stereocenters. The molecule has 5 nitrogen and oxygen atoms in total. The Morgan fingerprint density at radius 1 is 0.574 bits per heavy atom. The van der Waals surface area contributed by atoms with Gasteiger partial charge in [0, 0.05) is 42.9 Å². The Morgan fingerprint density at radius 2 is 1.30 bits per heavy atom. The maximum atomic E-state index is 6.61. The molecule has 10 rings (SSSR count). The van der Waals surface area contributed by atoms with Gasteiger partial charge in [0.25, 0.3) is 0 Å². The fraction of sp³-hybridized carbons (Fsp3) is 0.0208. The topological polar surface area (TPSA) is 56.7 Å². The van der Waals surface area contributed by atoms with Crippen molar-refractivity contribution in [2.75, 3.05) is 0 Å². The summed E-state index contributed by atoms with van der Waals surface area (Å²) in [4.78, 5) is 14.4. The number of aryl methyl sites for hydroxylation is 1. The summed E-state index contributed by atoms with van der Waals surface area (Å²) in [5.41, 5.74) is 12.5. The Labute approximate surface area is 327 Å². The molecule has 4 aromatic heterocycles. The molecule has 6 heteroatoms. The monoisotopic (exact) mass is 873 g/mol. The van der Waals surface area contributed by atoms with E-state index in [9.17, 15) is 0 Å². The predicted octanol–water partition coefficient (Wildman–Crippen LogP) is 12.0. The summed E-state index contributed by atoms with van der Waals surface area (Å²) in [7, 11) is 0. The van der Waals surface area contributed by atoms with Gasteiger partial charge in [-0.15, -0.1) is 54.1 Å². The molecule has 0 aliphatic carbocycles. The Bertz CT molecular complexity index is 2780. The van der Waals surface area contributed by atoms with E-state index in [-0.39, 0.29) is 20.1 Å². The van der Waals surface area contributed by atoms with Gasteiger partial charge in [-0.05, 0) is 54.1 Å². The number of furan rings is 1. The standard InChI is InChI=1S/C37H24N3O.C11H8N.Ir/c1-24-35-33(23-32(38-24)26-14-7-3-8-15-26)39-37(40(35)28-16-9-4-10-17-28)31-19-11-18-30-29-21-20-27(22-34(29)41-36(30)31)25-12-5-2-6-13-25;1-2-6-10(7-3-1)11-8-4-5-9-12-11;/h2-18,20-23H,1H3;1-6,8-9H;/q2*-1;. The average Bonchev–Trinajstić information content (AvgIpc) is 3.82. The van der Waals surface area contributed by atoms with Gasteiger partial charge >= 0.3 is 0 Å². The number of benzene rings is 6. The van der Waals surface area contributed by atoms with Crippen molar-refractivity contribution in [3.8, 4) is 50.7 Å². The van der Waals surface area contributed by atoms with E-state index in [1.807, 2.05) is 91.0 Å². The van der Waals surface area contributed by atoms with Crippen molar-refractivity contribution >= 4 is 33.0 Å². The summed E-state index contributed by atoms with van der Waals surface area (Å²) < 4.78 is 8.79. The van der Waals surface area contributed by atoms with Gasteiger partial charge in [0.2, 0.25) is 0 Å². The molecule has 0 fully saturated rings. The van der Waals surface area contributed by atoms with Crippen molar-refractivity contribution in [2.45, 2.75) is 6.92 Å². The second kappa shape index (κ2) is 15.3. The van der Waals surface area contributed by atoms with E-state index in [0.29, 0.717) is 0 Å². The van der Waals surface area contributed by atoms with Crippen LogP contribution in [0, 0.1) is 19.1 Å². The number of nitrogens with zero attached hydrogens (tertiary/aromatic N) is 4. The second-order valence-electron chi connectivity index (χ2n) is 12.7. The van der Waals surface area contributed by atoms with Crippen molar-refractivity contribution < 1.29 is 24.5 Å². The van der Waals surface area contributed by atoms with Crippen LogP contribution in [0.2, 0.25) is 0 Å². The fourth-order valence-electron chi connectivity index (χ4n) is 6.83. The van der Waals surface area contributed by atoms with Gasteiger partial charge < -0.3 is 14.0 Å². The molecule has 1 radical (unpaired) electrons. The van der Waals surface area contributed by atoms with Crippen LogP contribution in [0.25, 0.3) is 83.7 Å². The zero-order chi connectivity index (χ0) is 35.6. The molecule has 0 aliphatic rings. The Balaban J connectivity index is 0.000000271.